The zero-order valence-electron chi connectivity index (χ0n) is 26.1. The molecule has 3 heterocycles. The third kappa shape index (κ3) is 4.42. The molecule has 6 heteroatoms. The molecule has 1 aliphatic rings. The molecule has 0 radical (unpaired) electrons. The second-order valence-corrected chi connectivity index (χ2v) is 11.9. The molecule has 0 spiro atoms. The van der Waals surface area contributed by atoms with Crippen LogP contribution in [-0.2, 0) is 0 Å². The van der Waals surface area contributed by atoms with Crippen LogP contribution in [0.25, 0.3) is 60.9 Å². The Labute approximate surface area is 276 Å². The number of rotatable bonds is 5. The van der Waals surface area contributed by atoms with Gasteiger partial charge >= 0.3 is 0 Å². The Morgan fingerprint density at radius 2 is 1.23 bits per heavy atom. The normalized spacial score (nSPS) is 15.0. The van der Waals surface area contributed by atoms with E-state index in [4.69, 9.17) is 24.6 Å². The summed E-state index contributed by atoms with van der Waals surface area (Å²) < 4.78 is 12.2. The predicted octanol–water partition coefficient (Wildman–Crippen LogP) is 10.3. The monoisotopic (exact) mass is 622 g/mol. The standard InChI is InChI=1S/C42H30N4O2/c1-2-12-32-37-29(19-10-24-36(37)48-39(32)43)27-17-8-18-28-26(27)16-9-20-30(28)41-44-40(25-13-4-3-5-14-25)45-42(46-41)33-21-11-23-35-38(33)31-15-6-7-22-34(31)47-35/h2-24,40H,43H2,1H3,(H,44,45,46)/b12-2-. The second kappa shape index (κ2) is 11.1. The van der Waals surface area contributed by atoms with E-state index < -0.39 is 0 Å². The third-order valence-electron chi connectivity index (χ3n) is 9.08. The molecule has 8 aromatic rings. The highest BCUT2D eigenvalue weighted by atomic mass is 16.3. The predicted molar refractivity (Wildman–Crippen MR) is 197 cm³/mol. The molecule has 0 amide bonds. The molecule has 1 aliphatic heterocycles. The number of hydrogen-bond donors (Lipinski definition) is 2. The average molecular weight is 623 g/mol. The number of hydrogen-bond acceptors (Lipinski definition) is 6. The SMILES string of the molecule is C/C=C\c1c(N)oc2cccc(-c3cccc4c(C5=NC(c6cccc7oc8ccccc8c67)=NC(c6ccccc6)N5)cccc34)c12. The van der Waals surface area contributed by atoms with Crippen LogP contribution < -0.4 is 11.1 Å². The molecule has 0 saturated carbocycles. The lowest BCUT2D eigenvalue weighted by molar-refractivity contribution is 0.636. The summed E-state index contributed by atoms with van der Waals surface area (Å²) in [6.07, 6.45) is 3.66. The maximum Gasteiger partial charge on any atom is 0.198 e. The average Bonchev–Trinajstić information content (AvgIpc) is 3.68. The molecule has 2 aromatic heterocycles. The maximum absolute atomic E-state index is 6.34. The van der Waals surface area contributed by atoms with Gasteiger partial charge in [-0.1, -0.05) is 121 Å². The fraction of sp³-hybridized carbons (Fsp3) is 0.0476. The van der Waals surface area contributed by atoms with Crippen molar-refractivity contribution in [2.75, 3.05) is 5.73 Å². The number of furan rings is 2. The fourth-order valence-corrected chi connectivity index (χ4v) is 6.97. The third-order valence-corrected chi connectivity index (χ3v) is 9.08. The molecule has 9 rings (SSSR count). The van der Waals surface area contributed by atoms with E-state index in [1.165, 1.54) is 0 Å². The maximum atomic E-state index is 6.34. The van der Waals surface area contributed by atoms with Crippen LogP contribution in [0.4, 0.5) is 5.88 Å². The minimum Gasteiger partial charge on any atom is -0.456 e. The summed E-state index contributed by atoms with van der Waals surface area (Å²) in [6, 6.07) is 43.4. The summed E-state index contributed by atoms with van der Waals surface area (Å²) in [5.41, 5.74) is 14.8. The van der Waals surface area contributed by atoms with Crippen molar-refractivity contribution in [3.8, 4) is 11.1 Å². The van der Waals surface area contributed by atoms with Gasteiger partial charge < -0.3 is 19.9 Å². The van der Waals surface area contributed by atoms with Gasteiger partial charge in [0, 0.05) is 32.8 Å². The van der Waals surface area contributed by atoms with Gasteiger partial charge in [-0.3, -0.25) is 0 Å². The molecule has 0 aliphatic carbocycles. The largest absolute Gasteiger partial charge is 0.456 e. The van der Waals surface area contributed by atoms with Gasteiger partial charge in [0.2, 0.25) is 0 Å². The Balaban J connectivity index is 1.26. The first-order valence-corrected chi connectivity index (χ1v) is 16.0. The lowest BCUT2D eigenvalue weighted by atomic mass is 9.92. The Bertz CT molecular complexity index is 2620. The summed E-state index contributed by atoms with van der Waals surface area (Å²) in [6.45, 7) is 1.98. The molecule has 3 N–H and O–H groups in total. The number of para-hydroxylation sites is 1. The lowest BCUT2D eigenvalue weighted by Gasteiger charge is -2.24. The smallest absolute Gasteiger partial charge is 0.198 e. The topological polar surface area (TPSA) is 89.0 Å². The fourth-order valence-electron chi connectivity index (χ4n) is 6.97. The quantitative estimate of drug-likeness (QED) is 0.200. The molecule has 6 aromatic carbocycles. The van der Waals surface area contributed by atoms with Crippen molar-refractivity contribution in [2.45, 2.75) is 13.1 Å². The highest BCUT2D eigenvalue weighted by Crippen LogP contribution is 2.40. The van der Waals surface area contributed by atoms with Crippen LogP contribution in [0.1, 0.15) is 35.3 Å². The Kier molecular flexibility index (Phi) is 6.47. The van der Waals surface area contributed by atoms with Gasteiger partial charge in [-0.05, 0) is 52.6 Å². The number of allylic oxidation sites excluding steroid dienone is 1. The first-order chi connectivity index (χ1) is 23.7. The van der Waals surface area contributed by atoms with E-state index in [0.717, 1.165) is 82.9 Å². The lowest BCUT2D eigenvalue weighted by Crippen LogP contribution is -2.33. The van der Waals surface area contributed by atoms with Crippen molar-refractivity contribution in [1.82, 2.24) is 5.32 Å². The van der Waals surface area contributed by atoms with Crippen LogP contribution in [0.5, 0.6) is 0 Å². The Hall–Kier alpha value is -6.40. The van der Waals surface area contributed by atoms with Gasteiger partial charge in [0.1, 0.15) is 28.8 Å². The van der Waals surface area contributed by atoms with Crippen molar-refractivity contribution in [1.29, 1.82) is 0 Å². The zero-order valence-corrected chi connectivity index (χ0v) is 26.1. The van der Waals surface area contributed by atoms with E-state index in [9.17, 15) is 0 Å². The number of benzene rings is 6. The number of fused-ring (bicyclic) bond motifs is 5. The van der Waals surface area contributed by atoms with E-state index in [1.54, 1.807) is 0 Å². The van der Waals surface area contributed by atoms with Crippen molar-refractivity contribution in [2.24, 2.45) is 9.98 Å². The van der Waals surface area contributed by atoms with Gasteiger partial charge in [-0.15, -0.1) is 0 Å². The molecule has 0 saturated heterocycles. The molecule has 0 bridgehead atoms. The minimum absolute atomic E-state index is 0.341. The van der Waals surface area contributed by atoms with Gasteiger partial charge in [-0.2, -0.15) is 0 Å². The Morgan fingerprint density at radius 1 is 0.604 bits per heavy atom. The summed E-state index contributed by atoms with van der Waals surface area (Å²) in [5.74, 6) is 1.82. The number of nitrogens with one attached hydrogen (secondary N) is 1. The first-order valence-electron chi connectivity index (χ1n) is 16.0. The summed E-state index contributed by atoms with van der Waals surface area (Å²) in [7, 11) is 0. The molecular weight excluding hydrogens is 592 g/mol. The van der Waals surface area contributed by atoms with Crippen LogP contribution in [-0.4, -0.2) is 11.7 Å². The minimum atomic E-state index is -0.341. The first kappa shape index (κ1) is 27.9. The zero-order chi connectivity index (χ0) is 32.2. The van der Waals surface area contributed by atoms with Crippen molar-refractivity contribution in [3.05, 3.63) is 156 Å². The van der Waals surface area contributed by atoms with Crippen LogP contribution in [0, 0.1) is 0 Å². The molecule has 48 heavy (non-hydrogen) atoms. The van der Waals surface area contributed by atoms with Crippen molar-refractivity contribution < 1.29 is 8.83 Å². The van der Waals surface area contributed by atoms with E-state index in [0.29, 0.717) is 11.7 Å². The molecule has 230 valence electrons. The molecule has 0 fully saturated rings. The van der Waals surface area contributed by atoms with Crippen LogP contribution in [0.2, 0.25) is 0 Å². The molecule has 1 unspecified atom stereocenters. The van der Waals surface area contributed by atoms with E-state index in [1.807, 2.05) is 79.7 Å². The number of amidine groups is 2. The van der Waals surface area contributed by atoms with Gasteiger partial charge in [0.25, 0.3) is 0 Å². The van der Waals surface area contributed by atoms with Gasteiger partial charge in [0.05, 0.1) is 0 Å². The Morgan fingerprint density at radius 3 is 2.04 bits per heavy atom. The number of nitrogens with zero attached hydrogens (tertiary/aromatic N) is 2. The summed E-state index contributed by atoms with van der Waals surface area (Å²) in [4.78, 5) is 10.4. The molecular formula is C42H30N4O2. The van der Waals surface area contributed by atoms with E-state index in [2.05, 4.69) is 72.0 Å². The number of aliphatic imine (C=N–C) groups is 2. The highest BCUT2D eigenvalue weighted by Gasteiger charge is 2.25. The number of anilines is 1. The number of nitrogen functional groups attached to an aromatic ring is 1. The van der Waals surface area contributed by atoms with Crippen LogP contribution >= 0.6 is 0 Å². The highest BCUT2D eigenvalue weighted by molar-refractivity contribution is 6.24. The number of nitrogens with two attached hydrogens (primary N) is 1. The van der Waals surface area contributed by atoms with Crippen molar-refractivity contribution >= 4 is 67.3 Å². The summed E-state index contributed by atoms with van der Waals surface area (Å²) in [5, 5.41) is 8.89. The van der Waals surface area contributed by atoms with E-state index in [-0.39, 0.29) is 6.17 Å². The van der Waals surface area contributed by atoms with Crippen LogP contribution in [0.15, 0.2) is 152 Å². The van der Waals surface area contributed by atoms with Crippen LogP contribution in [0.3, 0.4) is 0 Å². The molecule has 1 atom stereocenters. The van der Waals surface area contributed by atoms with Gasteiger partial charge in [0.15, 0.2) is 11.7 Å². The van der Waals surface area contributed by atoms with E-state index >= 15 is 0 Å². The molecule has 6 nitrogen and oxygen atoms in total. The summed E-state index contributed by atoms with van der Waals surface area (Å²) >= 11 is 0. The van der Waals surface area contributed by atoms with Crippen molar-refractivity contribution in [3.63, 3.8) is 0 Å². The second-order valence-electron chi connectivity index (χ2n) is 11.9. The van der Waals surface area contributed by atoms with Gasteiger partial charge in [-0.25, -0.2) is 9.98 Å².